The topological polar surface area (TPSA) is 145 Å². The van der Waals surface area contributed by atoms with Gasteiger partial charge in [-0.1, -0.05) is 4.98 Å². The van der Waals surface area contributed by atoms with E-state index in [1.807, 2.05) is 5.32 Å². The van der Waals surface area contributed by atoms with Crippen molar-refractivity contribution in [3.05, 3.63) is 40.6 Å². The summed E-state index contributed by atoms with van der Waals surface area (Å²) in [5.74, 6) is -0.777. The molecule has 0 aliphatic rings. The number of amides is 3. The van der Waals surface area contributed by atoms with Crippen molar-refractivity contribution in [1.29, 1.82) is 0 Å². The van der Waals surface area contributed by atoms with Gasteiger partial charge in [0.15, 0.2) is 0 Å². The first-order chi connectivity index (χ1) is 10.0. The predicted molar refractivity (Wildman–Crippen MR) is 65.8 cm³/mol. The molecule has 0 radical (unpaired) electrons. The van der Waals surface area contributed by atoms with Gasteiger partial charge in [0.25, 0.3) is 5.91 Å². The molecule has 0 saturated carbocycles. The first-order valence-electron chi connectivity index (χ1n) is 5.68. The van der Waals surface area contributed by atoms with Gasteiger partial charge in [-0.25, -0.2) is 4.79 Å². The Labute approximate surface area is 117 Å². The lowest BCUT2D eigenvalue weighted by molar-refractivity contribution is -0.394. The van der Waals surface area contributed by atoms with Gasteiger partial charge >= 0.3 is 12.0 Å². The molecule has 0 unspecified atom stereocenters. The molecular weight excluding hydrogens is 284 g/mol. The number of carbonyl (C=O) groups excluding carboxylic acids is 2. The summed E-state index contributed by atoms with van der Waals surface area (Å²) < 4.78 is 5.95. The second-order valence-corrected chi connectivity index (χ2v) is 3.81. The van der Waals surface area contributed by atoms with E-state index >= 15 is 0 Å². The van der Waals surface area contributed by atoms with Crippen LogP contribution in [0.5, 0.6) is 0 Å². The standard InChI is InChI=1S/C10H10N6O5/c17-8(5-15-6-12-9(14-15)16(19)20)13-10(18)11-4-7-2-1-3-21-7/h1-3,6H,4-5H2,(H2,11,13,17,18). The number of nitrogens with zero attached hydrogens (tertiary/aromatic N) is 4. The van der Waals surface area contributed by atoms with Gasteiger partial charge in [-0.3, -0.25) is 10.1 Å². The molecule has 21 heavy (non-hydrogen) atoms. The van der Waals surface area contributed by atoms with E-state index in [0.29, 0.717) is 5.76 Å². The number of urea groups is 1. The van der Waals surface area contributed by atoms with Gasteiger partial charge in [-0.15, -0.1) is 0 Å². The number of aromatic nitrogens is 3. The quantitative estimate of drug-likeness (QED) is 0.573. The highest BCUT2D eigenvalue weighted by Crippen LogP contribution is 1.99. The summed E-state index contributed by atoms with van der Waals surface area (Å²) in [6, 6.07) is 2.61. The zero-order valence-corrected chi connectivity index (χ0v) is 10.6. The van der Waals surface area contributed by atoms with Crippen LogP contribution in [0.2, 0.25) is 0 Å². The van der Waals surface area contributed by atoms with Crippen LogP contribution in [-0.2, 0) is 17.9 Å². The van der Waals surface area contributed by atoms with Crippen LogP contribution in [0.3, 0.4) is 0 Å². The van der Waals surface area contributed by atoms with Crippen molar-refractivity contribution >= 4 is 17.9 Å². The highest BCUT2D eigenvalue weighted by atomic mass is 16.6. The summed E-state index contributed by atoms with van der Waals surface area (Å²) in [6.07, 6.45) is 2.48. The molecule has 0 aromatic carbocycles. The van der Waals surface area contributed by atoms with Crippen LogP contribution in [-0.4, -0.2) is 31.6 Å². The molecule has 2 N–H and O–H groups in total. The minimum Gasteiger partial charge on any atom is -0.467 e. The Morgan fingerprint density at radius 2 is 2.29 bits per heavy atom. The van der Waals surface area contributed by atoms with Crippen molar-refractivity contribution in [3.63, 3.8) is 0 Å². The van der Waals surface area contributed by atoms with Crippen molar-refractivity contribution in [2.75, 3.05) is 0 Å². The van der Waals surface area contributed by atoms with Crippen LogP contribution in [0.4, 0.5) is 10.7 Å². The summed E-state index contributed by atoms with van der Waals surface area (Å²) in [7, 11) is 0. The fourth-order valence-electron chi connectivity index (χ4n) is 1.38. The van der Waals surface area contributed by atoms with E-state index in [1.54, 1.807) is 12.1 Å². The summed E-state index contributed by atoms with van der Waals surface area (Å²) in [6.45, 7) is -0.240. The number of hydrogen-bond donors (Lipinski definition) is 2. The molecule has 0 aliphatic carbocycles. The Morgan fingerprint density at radius 1 is 1.48 bits per heavy atom. The molecule has 0 bridgehead atoms. The van der Waals surface area contributed by atoms with Crippen molar-refractivity contribution in [3.8, 4) is 0 Å². The Bertz CT molecular complexity index is 649. The van der Waals surface area contributed by atoms with Crippen LogP contribution in [0.25, 0.3) is 0 Å². The van der Waals surface area contributed by atoms with Crippen molar-refractivity contribution in [1.82, 2.24) is 25.4 Å². The van der Waals surface area contributed by atoms with E-state index < -0.39 is 22.8 Å². The zero-order chi connectivity index (χ0) is 15.2. The van der Waals surface area contributed by atoms with Crippen LogP contribution in [0.1, 0.15) is 5.76 Å². The lowest BCUT2D eigenvalue weighted by Crippen LogP contribution is -2.40. The second kappa shape index (κ2) is 6.27. The Balaban J connectivity index is 1.77. The molecule has 0 fully saturated rings. The lowest BCUT2D eigenvalue weighted by atomic mass is 10.4. The molecule has 2 rings (SSSR count). The van der Waals surface area contributed by atoms with Gasteiger partial charge in [0.1, 0.15) is 12.3 Å². The molecule has 0 atom stereocenters. The van der Waals surface area contributed by atoms with E-state index in [1.165, 1.54) is 6.26 Å². The summed E-state index contributed by atoms with van der Waals surface area (Å²) in [5.41, 5.74) is 0. The number of rotatable bonds is 5. The maximum Gasteiger partial charge on any atom is 0.490 e. The van der Waals surface area contributed by atoms with Gasteiger partial charge < -0.3 is 19.8 Å². The molecule has 3 amide bonds. The number of hydrogen-bond acceptors (Lipinski definition) is 7. The number of nitro groups is 1. The number of furan rings is 1. The van der Waals surface area contributed by atoms with Crippen LogP contribution < -0.4 is 10.6 Å². The van der Waals surface area contributed by atoms with Crippen LogP contribution in [0, 0.1) is 10.1 Å². The molecule has 11 heteroatoms. The normalized spacial score (nSPS) is 10.1. The molecule has 11 nitrogen and oxygen atoms in total. The largest absolute Gasteiger partial charge is 0.490 e. The molecule has 110 valence electrons. The van der Waals surface area contributed by atoms with Crippen molar-refractivity contribution in [2.24, 2.45) is 0 Å². The summed E-state index contributed by atoms with van der Waals surface area (Å²) in [4.78, 5) is 35.9. The highest BCUT2D eigenvalue weighted by Gasteiger charge is 2.16. The van der Waals surface area contributed by atoms with Gasteiger partial charge in [0, 0.05) is 5.10 Å². The number of imide groups is 1. The molecule has 0 spiro atoms. The predicted octanol–water partition coefficient (Wildman–Crippen LogP) is -0.195. The average Bonchev–Trinajstić information content (AvgIpc) is 3.06. The Hall–Kier alpha value is -3.24. The zero-order valence-electron chi connectivity index (χ0n) is 10.6. The van der Waals surface area contributed by atoms with Gasteiger partial charge in [0.05, 0.1) is 12.8 Å². The Morgan fingerprint density at radius 3 is 2.90 bits per heavy atom. The van der Waals surface area contributed by atoms with E-state index in [2.05, 4.69) is 15.4 Å². The summed E-state index contributed by atoms with van der Waals surface area (Å²) in [5, 5.41) is 18.3. The summed E-state index contributed by atoms with van der Waals surface area (Å²) >= 11 is 0. The molecule has 0 saturated heterocycles. The third kappa shape index (κ3) is 4.12. The maximum atomic E-state index is 11.5. The first-order valence-corrected chi connectivity index (χ1v) is 5.68. The van der Waals surface area contributed by atoms with Gasteiger partial charge in [0.2, 0.25) is 6.33 Å². The third-order valence-corrected chi connectivity index (χ3v) is 2.25. The molecule has 2 aromatic rings. The fraction of sp³-hybridized carbons (Fsp3) is 0.200. The third-order valence-electron chi connectivity index (χ3n) is 2.25. The first kappa shape index (κ1) is 14.2. The fourth-order valence-corrected chi connectivity index (χ4v) is 1.38. The minimum absolute atomic E-state index is 0.126. The second-order valence-electron chi connectivity index (χ2n) is 3.81. The lowest BCUT2D eigenvalue weighted by Gasteiger charge is -2.04. The average molecular weight is 294 g/mol. The van der Waals surface area contributed by atoms with E-state index in [0.717, 1.165) is 11.0 Å². The monoisotopic (exact) mass is 294 g/mol. The van der Waals surface area contributed by atoms with E-state index in [9.17, 15) is 19.7 Å². The van der Waals surface area contributed by atoms with Crippen LogP contribution >= 0.6 is 0 Å². The number of carbonyl (C=O) groups is 2. The van der Waals surface area contributed by atoms with E-state index in [4.69, 9.17) is 4.42 Å². The van der Waals surface area contributed by atoms with Gasteiger partial charge in [-0.05, 0) is 17.1 Å². The smallest absolute Gasteiger partial charge is 0.467 e. The molecular formula is C10H10N6O5. The SMILES string of the molecule is O=C(Cn1cnc([N+](=O)[O-])n1)NC(=O)NCc1ccco1. The molecule has 2 heterocycles. The Kier molecular flexibility index (Phi) is 4.23. The minimum atomic E-state index is -0.787. The van der Waals surface area contributed by atoms with Crippen molar-refractivity contribution in [2.45, 2.75) is 13.1 Å². The highest BCUT2D eigenvalue weighted by molar-refractivity contribution is 5.94. The van der Waals surface area contributed by atoms with Gasteiger partial charge in [-0.2, -0.15) is 4.68 Å². The van der Waals surface area contributed by atoms with Crippen molar-refractivity contribution < 1.29 is 18.9 Å². The van der Waals surface area contributed by atoms with Crippen LogP contribution in [0.15, 0.2) is 29.1 Å². The molecule has 0 aliphatic heterocycles. The van der Waals surface area contributed by atoms with E-state index in [-0.39, 0.29) is 13.1 Å². The molecule has 2 aromatic heterocycles. The maximum absolute atomic E-state index is 11.5. The number of nitrogens with one attached hydrogen (secondary N) is 2.